The third-order valence-corrected chi connectivity index (χ3v) is 4.88. The maximum absolute atomic E-state index is 11.7. The summed E-state index contributed by atoms with van der Waals surface area (Å²) in [7, 11) is 0. The van der Waals surface area contributed by atoms with Gasteiger partial charge in [-0.1, -0.05) is 72.8 Å². The topological polar surface area (TPSA) is 47.3 Å². The van der Waals surface area contributed by atoms with E-state index in [9.17, 15) is 9.59 Å². The summed E-state index contributed by atoms with van der Waals surface area (Å²) in [6.07, 6.45) is 8.20. The zero-order valence-electron chi connectivity index (χ0n) is 16.2. The summed E-state index contributed by atoms with van der Waals surface area (Å²) in [5.41, 5.74) is 1.75. The zero-order valence-corrected chi connectivity index (χ0v) is 17.0. The molecule has 0 saturated carbocycles. The number of rotatable bonds is 6. The van der Waals surface area contributed by atoms with E-state index in [4.69, 9.17) is 4.42 Å². The number of benzene rings is 2. The molecule has 0 unspecified atom stereocenters. The highest BCUT2D eigenvalue weighted by Gasteiger charge is 2.01. The first-order chi connectivity index (χ1) is 14.7. The largest absolute Gasteiger partial charge is 0.465 e. The smallest absolute Gasteiger partial charge is 0.195 e. The summed E-state index contributed by atoms with van der Waals surface area (Å²) in [6, 6.07) is 26.3. The molecule has 4 rings (SSSR count). The van der Waals surface area contributed by atoms with Crippen LogP contribution in [0.5, 0.6) is 0 Å². The van der Waals surface area contributed by atoms with Gasteiger partial charge in [0.15, 0.2) is 11.6 Å². The Labute approximate surface area is 179 Å². The molecule has 4 aromatic rings. The van der Waals surface area contributed by atoms with Crippen LogP contribution >= 0.6 is 11.3 Å². The predicted molar refractivity (Wildman–Crippen MR) is 123 cm³/mol. The number of allylic oxidation sites excluding steroid dienone is 2. The highest BCUT2D eigenvalue weighted by atomic mass is 32.1. The molecular weight excluding hydrogens is 392 g/mol. The van der Waals surface area contributed by atoms with Gasteiger partial charge in [-0.25, -0.2) is 0 Å². The summed E-state index contributed by atoms with van der Waals surface area (Å²) in [4.78, 5) is 24.0. The Kier molecular flexibility index (Phi) is 7.89. The van der Waals surface area contributed by atoms with E-state index < -0.39 is 0 Å². The van der Waals surface area contributed by atoms with Crippen molar-refractivity contribution in [3.8, 4) is 0 Å². The van der Waals surface area contributed by atoms with Crippen LogP contribution in [0.3, 0.4) is 0 Å². The first-order valence-corrected chi connectivity index (χ1v) is 10.2. The molecule has 0 amide bonds. The zero-order chi connectivity index (χ0) is 21.0. The van der Waals surface area contributed by atoms with E-state index in [1.807, 2.05) is 78.2 Å². The number of carbonyl (C=O) groups excluding carboxylic acids is 2. The fraction of sp³-hybridized carbons (Fsp3) is 0. The second-order valence-corrected chi connectivity index (χ2v) is 7.11. The lowest BCUT2D eigenvalue weighted by molar-refractivity contribution is 0.104. The van der Waals surface area contributed by atoms with Gasteiger partial charge < -0.3 is 4.42 Å². The molecular formula is C26H20O3S. The highest BCUT2D eigenvalue weighted by Crippen LogP contribution is 2.11. The first-order valence-electron chi connectivity index (χ1n) is 9.34. The molecule has 148 valence electrons. The molecule has 2 aromatic heterocycles. The van der Waals surface area contributed by atoms with E-state index in [1.165, 1.54) is 17.4 Å². The molecule has 0 aliphatic carbocycles. The molecule has 4 heteroatoms. The summed E-state index contributed by atoms with van der Waals surface area (Å²) in [5, 5.41) is 1.88. The molecule has 3 nitrogen and oxygen atoms in total. The van der Waals surface area contributed by atoms with Crippen molar-refractivity contribution in [3.05, 3.63) is 130 Å². The Morgan fingerprint density at radius 2 is 1.40 bits per heavy atom. The third-order valence-electron chi connectivity index (χ3n) is 3.99. The van der Waals surface area contributed by atoms with Gasteiger partial charge in [0.2, 0.25) is 0 Å². The number of hydrogen-bond acceptors (Lipinski definition) is 4. The van der Waals surface area contributed by atoms with E-state index in [0.717, 1.165) is 16.0 Å². The van der Waals surface area contributed by atoms with E-state index in [1.54, 1.807) is 36.6 Å². The van der Waals surface area contributed by atoms with Crippen molar-refractivity contribution in [2.45, 2.75) is 0 Å². The van der Waals surface area contributed by atoms with Gasteiger partial charge in [0.25, 0.3) is 0 Å². The number of carbonyl (C=O) groups is 2. The van der Waals surface area contributed by atoms with Crippen LogP contribution in [-0.2, 0) is 0 Å². The van der Waals surface area contributed by atoms with Crippen molar-refractivity contribution in [1.82, 2.24) is 0 Å². The van der Waals surface area contributed by atoms with Gasteiger partial charge in [-0.2, -0.15) is 0 Å². The molecule has 0 saturated heterocycles. The van der Waals surface area contributed by atoms with Gasteiger partial charge in [-0.05, 0) is 47.4 Å². The molecule has 0 atom stereocenters. The van der Waals surface area contributed by atoms with Gasteiger partial charge in [-0.3, -0.25) is 9.59 Å². The number of hydrogen-bond donors (Lipinski definition) is 0. The van der Waals surface area contributed by atoms with E-state index in [-0.39, 0.29) is 11.6 Å². The molecule has 0 spiro atoms. The van der Waals surface area contributed by atoms with Crippen molar-refractivity contribution in [2.24, 2.45) is 0 Å². The van der Waals surface area contributed by atoms with Crippen molar-refractivity contribution >= 4 is 35.1 Å². The molecule has 0 radical (unpaired) electrons. The summed E-state index contributed by atoms with van der Waals surface area (Å²) >= 11 is 1.44. The molecule has 30 heavy (non-hydrogen) atoms. The van der Waals surface area contributed by atoms with Crippen molar-refractivity contribution in [3.63, 3.8) is 0 Å². The first kappa shape index (κ1) is 21.0. The van der Waals surface area contributed by atoms with E-state index in [2.05, 4.69) is 0 Å². The highest BCUT2D eigenvalue weighted by molar-refractivity contribution is 7.12. The molecule has 0 N–H and O–H groups in total. The maximum Gasteiger partial charge on any atom is 0.195 e. The summed E-state index contributed by atoms with van der Waals surface area (Å²) < 4.78 is 5.07. The third kappa shape index (κ3) is 6.69. The van der Waals surface area contributed by atoms with E-state index in [0.29, 0.717) is 5.76 Å². The van der Waals surface area contributed by atoms with Crippen LogP contribution in [0, 0.1) is 0 Å². The average Bonchev–Trinajstić information content (AvgIpc) is 3.52. The van der Waals surface area contributed by atoms with Gasteiger partial charge in [-0.15, -0.1) is 11.3 Å². The minimum atomic E-state index is 0.0106. The SMILES string of the molecule is O=C(/C=C/c1ccco1)c1cccs1.O=C(C=Cc1ccccc1)c1ccccc1. The number of ketones is 2. The van der Waals surface area contributed by atoms with Crippen LogP contribution in [0.2, 0.25) is 0 Å². The molecule has 0 bridgehead atoms. The Morgan fingerprint density at radius 1 is 0.700 bits per heavy atom. The molecule has 2 aromatic carbocycles. The van der Waals surface area contributed by atoms with Crippen molar-refractivity contribution in [2.75, 3.05) is 0 Å². The monoisotopic (exact) mass is 412 g/mol. The molecule has 0 aliphatic rings. The number of furan rings is 1. The lowest BCUT2D eigenvalue weighted by Crippen LogP contribution is -1.92. The Bertz CT molecular complexity index is 1090. The normalized spacial score (nSPS) is 10.7. The van der Waals surface area contributed by atoms with Crippen LogP contribution in [-0.4, -0.2) is 11.6 Å². The maximum atomic E-state index is 11.7. The van der Waals surface area contributed by atoms with Crippen molar-refractivity contribution in [1.29, 1.82) is 0 Å². The van der Waals surface area contributed by atoms with Gasteiger partial charge in [0.1, 0.15) is 5.76 Å². The predicted octanol–water partition coefficient (Wildman–Crippen LogP) is 6.82. The summed E-state index contributed by atoms with van der Waals surface area (Å²) in [5.74, 6) is 0.732. The van der Waals surface area contributed by atoms with Gasteiger partial charge in [0, 0.05) is 5.56 Å². The van der Waals surface area contributed by atoms with Crippen LogP contribution in [0.25, 0.3) is 12.2 Å². The minimum absolute atomic E-state index is 0.0106. The second-order valence-electron chi connectivity index (χ2n) is 6.16. The van der Waals surface area contributed by atoms with Gasteiger partial charge in [0.05, 0.1) is 11.1 Å². The van der Waals surface area contributed by atoms with Gasteiger partial charge >= 0.3 is 0 Å². The Hall–Kier alpha value is -3.76. The van der Waals surface area contributed by atoms with Crippen molar-refractivity contribution < 1.29 is 14.0 Å². The fourth-order valence-corrected chi connectivity index (χ4v) is 3.12. The van der Waals surface area contributed by atoms with Crippen LogP contribution in [0.15, 0.2) is 113 Å². The van der Waals surface area contributed by atoms with E-state index >= 15 is 0 Å². The van der Waals surface area contributed by atoms with Crippen LogP contribution in [0.1, 0.15) is 31.4 Å². The van der Waals surface area contributed by atoms with Crippen LogP contribution in [0.4, 0.5) is 0 Å². The average molecular weight is 413 g/mol. The molecule has 0 fully saturated rings. The fourth-order valence-electron chi connectivity index (χ4n) is 2.48. The second kappa shape index (κ2) is 11.3. The summed E-state index contributed by atoms with van der Waals surface area (Å²) in [6.45, 7) is 0. The van der Waals surface area contributed by atoms with Crippen LogP contribution < -0.4 is 0 Å². The minimum Gasteiger partial charge on any atom is -0.465 e. The molecule has 2 heterocycles. The molecule has 0 aliphatic heterocycles. The standard InChI is InChI=1S/C15H12O.C11H8O2S/c16-15(14-9-5-2-6-10-14)12-11-13-7-3-1-4-8-13;12-10(11-4-2-8-14-11)6-5-9-3-1-7-13-9/h1-12H;1-8H/b;6-5+. The Morgan fingerprint density at radius 3 is 2.03 bits per heavy atom. The Balaban J connectivity index is 0.000000172. The quantitative estimate of drug-likeness (QED) is 0.258. The number of thiophene rings is 1. The lowest BCUT2D eigenvalue weighted by atomic mass is 10.1. The lowest BCUT2D eigenvalue weighted by Gasteiger charge is -1.94.